The highest BCUT2D eigenvalue weighted by Crippen LogP contribution is 2.43. The van der Waals surface area contributed by atoms with E-state index in [1.54, 1.807) is 6.07 Å². The minimum atomic E-state index is 0.227. The molecular formula is C10H10O4. The number of rotatable bonds is 0. The third-order valence-corrected chi connectivity index (χ3v) is 2.60. The predicted molar refractivity (Wildman–Crippen MR) is 47.6 cm³/mol. The van der Waals surface area contributed by atoms with Crippen LogP contribution in [0.25, 0.3) is 0 Å². The van der Waals surface area contributed by atoms with Gasteiger partial charge in [-0.05, 0) is 6.42 Å². The van der Waals surface area contributed by atoms with Crippen LogP contribution >= 0.6 is 0 Å². The molecule has 0 saturated carbocycles. The Balaban J connectivity index is 2.22. The molecule has 4 heteroatoms. The van der Waals surface area contributed by atoms with Crippen molar-refractivity contribution in [3.63, 3.8) is 0 Å². The molecule has 0 bridgehead atoms. The molecule has 2 aliphatic heterocycles. The summed E-state index contributed by atoms with van der Waals surface area (Å²) in [6, 6.07) is 1.62. The normalized spacial score (nSPS) is 18.0. The number of phenols is 1. The fraction of sp³-hybridized carbons (Fsp3) is 0.400. The van der Waals surface area contributed by atoms with Gasteiger partial charge in [-0.2, -0.15) is 0 Å². The maximum atomic E-state index is 9.73. The number of aromatic hydroxyl groups is 1. The van der Waals surface area contributed by atoms with E-state index in [1.807, 2.05) is 0 Å². The largest absolute Gasteiger partial charge is 0.508 e. The highest BCUT2D eigenvalue weighted by atomic mass is 16.7. The van der Waals surface area contributed by atoms with Gasteiger partial charge in [-0.3, -0.25) is 0 Å². The van der Waals surface area contributed by atoms with Gasteiger partial charge in [-0.1, -0.05) is 0 Å². The summed E-state index contributed by atoms with van der Waals surface area (Å²) < 4.78 is 15.9. The Bertz CT molecular complexity index is 382. The second kappa shape index (κ2) is 2.78. The van der Waals surface area contributed by atoms with Gasteiger partial charge in [0.2, 0.25) is 6.79 Å². The molecule has 0 atom stereocenters. The van der Waals surface area contributed by atoms with Crippen LogP contribution in [0.4, 0.5) is 0 Å². The van der Waals surface area contributed by atoms with Gasteiger partial charge in [-0.25, -0.2) is 0 Å². The van der Waals surface area contributed by atoms with Crippen LogP contribution in [0.1, 0.15) is 11.1 Å². The number of hydrogen-bond acceptors (Lipinski definition) is 4. The van der Waals surface area contributed by atoms with Gasteiger partial charge in [-0.15, -0.1) is 0 Å². The number of fused-ring (bicyclic) bond motifs is 3. The van der Waals surface area contributed by atoms with E-state index in [1.165, 1.54) is 0 Å². The van der Waals surface area contributed by atoms with Crippen molar-refractivity contribution in [2.75, 3.05) is 13.4 Å². The van der Waals surface area contributed by atoms with E-state index in [0.29, 0.717) is 19.0 Å². The molecule has 0 spiro atoms. The zero-order valence-electron chi connectivity index (χ0n) is 7.58. The van der Waals surface area contributed by atoms with E-state index in [9.17, 15) is 5.11 Å². The molecule has 0 aromatic heterocycles. The molecule has 0 aliphatic carbocycles. The van der Waals surface area contributed by atoms with Crippen LogP contribution in [-0.4, -0.2) is 18.5 Å². The first-order valence-corrected chi connectivity index (χ1v) is 4.57. The third-order valence-electron chi connectivity index (χ3n) is 2.60. The van der Waals surface area contributed by atoms with E-state index in [4.69, 9.17) is 14.2 Å². The van der Waals surface area contributed by atoms with Gasteiger partial charge in [0.25, 0.3) is 0 Å². The van der Waals surface area contributed by atoms with Gasteiger partial charge >= 0.3 is 0 Å². The molecule has 0 radical (unpaired) electrons. The first kappa shape index (κ1) is 7.94. The van der Waals surface area contributed by atoms with E-state index in [2.05, 4.69) is 0 Å². The van der Waals surface area contributed by atoms with E-state index in [-0.39, 0.29) is 12.5 Å². The van der Waals surface area contributed by atoms with Crippen molar-refractivity contribution in [2.24, 2.45) is 0 Å². The molecule has 1 aromatic rings. The lowest BCUT2D eigenvalue weighted by Gasteiger charge is -2.18. The Labute approximate surface area is 81.0 Å². The van der Waals surface area contributed by atoms with Crippen molar-refractivity contribution < 1.29 is 19.3 Å². The molecule has 2 aliphatic rings. The summed E-state index contributed by atoms with van der Waals surface area (Å²) in [5.41, 5.74) is 1.87. The minimum Gasteiger partial charge on any atom is -0.508 e. The number of phenolic OH excluding ortho intramolecular Hbond substituents is 1. The number of ether oxygens (including phenoxy) is 3. The molecule has 0 fully saturated rings. The Kier molecular flexibility index (Phi) is 1.58. The average molecular weight is 194 g/mol. The Morgan fingerprint density at radius 1 is 1.21 bits per heavy atom. The summed E-state index contributed by atoms with van der Waals surface area (Å²) in [4.78, 5) is 0. The minimum absolute atomic E-state index is 0.227. The van der Waals surface area contributed by atoms with Crippen molar-refractivity contribution in [1.29, 1.82) is 0 Å². The standard InChI is InChI=1S/C10H10O4/c11-8-3-9-10(14-5-13-9)7-4-12-2-1-6(7)8/h3,11H,1-2,4-5H2. The van der Waals surface area contributed by atoms with E-state index < -0.39 is 0 Å². The molecule has 3 rings (SSSR count). The summed E-state index contributed by atoms with van der Waals surface area (Å²) in [6.45, 7) is 1.38. The maximum absolute atomic E-state index is 9.73. The number of hydrogen-bond donors (Lipinski definition) is 1. The van der Waals surface area contributed by atoms with Crippen LogP contribution in [0.3, 0.4) is 0 Å². The molecule has 1 aromatic carbocycles. The molecule has 2 heterocycles. The van der Waals surface area contributed by atoms with Gasteiger partial charge in [0.05, 0.1) is 13.2 Å². The van der Waals surface area contributed by atoms with Gasteiger partial charge in [0.1, 0.15) is 5.75 Å². The van der Waals surface area contributed by atoms with E-state index in [0.717, 1.165) is 23.3 Å². The lowest BCUT2D eigenvalue weighted by molar-refractivity contribution is 0.106. The van der Waals surface area contributed by atoms with Crippen LogP contribution < -0.4 is 9.47 Å². The lowest BCUT2D eigenvalue weighted by atomic mass is 10.0. The zero-order chi connectivity index (χ0) is 9.54. The van der Waals surface area contributed by atoms with Crippen LogP contribution in [0, 0.1) is 0 Å². The highest BCUT2D eigenvalue weighted by molar-refractivity contribution is 5.58. The fourth-order valence-electron chi connectivity index (χ4n) is 1.91. The monoisotopic (exact) mass is 194 g/mol. The van der Waals surface area contributed by atoms with Crippen molar-refractivity contribution in [2.45, 2.75) is 13.0 Å². The highest BCUT2D eigenvalue weighted by Gasteiger charge is 2.25. The Morgan fingerprint density at radius 3 is 3.07 bits per heavy atom. The number of benzene rings is 1. The molecule has 0 amide bonds. The van der Waals surface area contributed by atoms with Crippen LogP contribution in [-0.2, 0) is 17.8 Å². The molecule has 14 heavy (non-hydrogen) atoms. The van der Waals surface area contributed by atoms with Gasteiger partial charge in [0.15, 0.2) is 11.5 Å². The third kappa shape index (κ3) is 0.974. The smallest absolute Gasteiger partial charge is 0.231 e. The average Bonchev–Trinajstić information content (AvgIpc) is 2.66. The summed E-state index contributed by atoms with van der Waals surface area (Å²) in [6.07, 6.45) is 0.734. The molecule has 0 saturated heterocycles. The lowest BCUT2D eigenvalue weighted by Crippen LogP contribution is -2.10. The van der Waals surface area contributed by atoms with E-state index >= 15 is 0 Å². The first-order valence-electron chi connectivity index (χ1n) is 4.57. The Morgan fingerprint density at radius 2 is 2.14 bits per heavy atom. The second-order valence-electron chi connectivity index (χ2n) is 3.39. The van der Waals surface area contributed by atoms with Crippen molar-refractivity contribution in [3.05, 3.63) is 17.2 Å². The topological polar surface area (TPSA) is 47.9 Å². The van der Waals surface area contributed by atoms with Crippen molar-refractivity contribution >= 4 is 0 Å². The Hall–Kier alpha value is -1.42. The summed E-state index contributed by atoms with van der Waals surface area (Å²) in [7, 11) is 0. The summed E-state index contributed by atoms with van der Waals surface area (Å²) in [5.74, 6) is 1.64. The molecule has 1 N–H and O–H groups in total. The van der Waals surface area contributed by atoms with Crippen LogP contribution in [0.15, 0.2) is 6.07 Å². The first-order chi connectivity index (χ1) is 6.86. The predicted octanol–water partition coefficient (Wildman–Crippen LogP) is 1.19. The maximum Gasteiger partial charge on any atom is 0.231 e. The summed E-state index contributed by atoms with van der Waals surface area (Å²) in [5, 5.41) is 9.73. The van der Waals surface area contributed by atoms with Crippen LogP contribution in [0.2, 0.25) is 0 Å². The van der Waals surface area contributed by atoms with Crippen molar-refractivity contribution in [3.8, 4) is 17.2 Å². The SMILES string of the molecule is Oc1cc2c(c3c1CCOC3)OCO2. The molecule has 74 valence electrons. The quantitative estimate of drug-likeness (QED) is 0.674. The fourth-order valence-corrected chi connectivity index (χ4v) is 1.91. The second-order valence-corrected chi connectivity index (χ2v) is 3.39. The van der Waals surface area contributed by atoms with Crippen LogP contribution in [0.5, 0.6) is 17.2 Å². The molecule has 4 nitrogen and oxygen atoms in total. The summed E-state index contributed by atoms with van der Waals surface area (Å²) >= 11 is 0. The van der Waals surface area contributed by atoms with Gasteiger partial charge in [0, 0.05) is 17.2 Å². The zero-order valence-corrected chi connectivity index (χ0v) is 7.58. The van der Waals surface area contributed by atoms with Gasteiger partial charge < -0.3 is 19.3 Å². The van der Waals surface area contributed by atoms with Crippen molar-refractivity contribution in [1.82, 2.24) is 0 Å². The molecular weight excluding hydrogens is 184 g/mol. The molecule has 0 unspecified atom stereocenters.